The lowest BCUT2D eigenvalue weighted by Gasteiger charge is -2.23. The summed E-state index contributed by atoms with van der Waals surface area (Å²) in [7, 11) is 0. The molecule has 0 aliphatic heterocycles. The van der Waals surface area contributed by atoms with E-state index in [-0.39, 0.29) is 12.2 Å². The minimum atomic E-state index is -1.56. The van der Waals surface area contributed by atoms with E-state index in [0.29, 0.717) is 5.56 Å². The quantitative estimate of drug-likeness (QED) is 0.186. The van der Waals surface area contributed by atoms with Crippen LogP contribution in [0.15, 0.2) is 30.3 Å². The number of thiol groups is 1. The largest absolute Gasteiger partial charge is 0.481 e. The molecule has 11 nitrogen and oxygen atoms in total. The van der Waals surface area contributed by atoms with Crippen LogP contribution in [-0.2, 0) is 30.4 Å². The van der Waals surface area contributed by atoms with Gasteiger partial charge in [-0.25, -0.2) is 4.79 Å². The number of nitrogens with two attached hydrogens (primary N) is 1. The lowest BCUT2D eigenvalue weighted by molar-refractivity contribution is -0.143. The molecule has 0 radical (unpaired) electrons. The summed E-state index contributed by atoms with van der Waals surface area (Å²) >= 11 is 3.88. The molecule has 12 heteroatoms. The summed E-state index contributed by atoms with van der Waals surface area (Å²) in [4.78, 5) is 59.3. The fraction of sp³-hybridized carbons (Fsp3) is 0.421. The van der Waals surface area contributed by atoms with Crippen molar-refractivity contribution in [3.05, 3.63) is 35.9 Å². The third-order valence-electron chi connectivity index (χ3n) is 4.19. The molecule has 7 N–H and O–H groups in total. The van der Waals surface area contributed by atoms with Gasteiger partial charge in [0.05, 0.1) is 12.5 Å². The van der Waals surface area contributed by atoms with Crippen LogP contribution in [-0.4, -0.2) is 69.8 Å². The molecule has 0 saturated carbocycles. The molecule has 0 aliphatic carbocycles. The fourth-order valence-corrected chi connectivity index (χ4v) is 2.64. The molecule has 0 aliphatic rings. The molecule has 0 heterocycles. The minimum Gasteiger partial charge on any atom is -0.481 e. The molecule has 4 unspecified atom stereocenters. The van der Waals surface area contributed by atoms with Crippen LogP contribution in [0, 0.1) is 0 Å². The summed E-state index contributed by atoms with van der Waals surface area (Å²) in [5.41, 5.74) is 6.15. The maximum Gasteiger partial charge on any atom is 0.326 e. The predicted octanol–water partition coefficient (Wildman–Crippen LogP) is -1.48. The highest BCUT2D eigenvalue weighted by Crippen LogP contribution is 2.05. The van der Waals surface area contributed by atoms with Crippen molar-refractivity contribution >= 4 is 42.3 Å². The van der Waals surface area contributed by atoms with Gasteiger partial charge in [-0.05, 0) is 12.5 Å². The zero-order valence-corrected chi connectivity index (χ0v) is 17.7. The molecule has 31 heavy (non-hydrogen) atoms. The van der Waals surface area contributed by atoms with E-state index in [4.69, 9.17) is 10.8 Å². The van der Waals surface area contributed by atoms with Crippen LogP contribution < -0.4 is 21.7 Å². The lowest BCUT2D eigenvalue weighted by Crippen LogP contribution is -2.57. The van der Waals surface area contributed by atoms with Gasteiger partial charge in [-0.1, -0.05) is 30.3 Å². The Kier molecular flexibility index (Phi) is 10.5. The summed E-state index contributed by atoms with van der Waals surface area (Å²) < 4.78 is 0. The zero-order valence-electron chi connectivity index (χ0n) is 16.8. The normalized spacial score (nSPS) is 14.4. The Morgan fingerprint density at radius 3 is 2.03 bits per heavy atom. The van der Waals surface area contributed by atoms with Crippen LogP contribution >= 0.6 is 12.6 Å². The molecule has 170 valence electrons. The van der Waals surface area contributed by atoms with Crippen LogP contribution in [0.1, 0.15) is 18.9 Å². The van der Waals surface area contributed by atoms with Crippen molar-refractivity contribution in [1.82, 2.24) is 16.0 Å². The summed E-state index contributed by atoms with van der Waals surface area (Å²) in [5, 5.41) is 25.3. The van der Waals surface area contributed by atoms with E-state index >= 15 is 0 Å². The predicted molar refractivity (Wildman–Crippen MR) is 113 cm³/mol. The standard InChI is InChI=1S/C19H26N4O7S/c1-10(21-17(27)12(20)9-31)16(26)22-13(8-15(24)25)18(28)23-14(19(29)30)7-11-5-3-2-4-6-11/h2-6,10,12-14,31H,7-9,20H2,1H3,(H,21,27)(H,22,26)(H,23,28)(H,24,25)(H,29,30). The van der Waals surface area contributed by atoms with Gasteiger partial charge in [-0.15, -0.1) is 0 Å². The second-order valence-electron chi connectivity index (χ2n) is 6.77. The van der Waals surface area contributed by atoms with E-state index in [9.17, 15) is 29.1 Å². The van der Waals surface area contributed by atoms with Gasteiger partial charge in [-0.3, -0.25) is 19.2 Å². The number of rotatable bonds is 12. The SMILES string of the molecule is CC(NC(=O)C(N)CS)C(=O)NC(CC(=O)O)C(=O)NC(Cc1ccccc1)C(=O)O. The molecule has 0 aromatic heterocycles. The first-order chi connectivity index (χ1) is 14.5. The van der Waals surface area contributed by atoms with Crippen molar-refractivity contribution in [3.63, 3.8) is 0 Å². The third kappa shape index (κ3) is 9.05. The molecule has 1 aromatic rings. The summed E-state index contributed by atoms with van der Waals surface area (Å²) in [5.74, 6) is -5.13. The Bertz CT molecular complexity index is 806. The molecule has 0 bridgehead atoms. The van der Waals surface area contributed by atoms with Crippen molar-refractivity contribution in [3.8, 4) is 0 Å². The van der Waals surface area contributed by atoms with E-state index in [2.05, 4.69) is 28.6 Å². The number of amides is 3. The first-order valence-corrected chi connectivity index (χ1v) is 9.94. The van der Waals surface area contributed by atoms with Crippen molar-refractivity contribution < 1.29 is 34.2 Å². The van der Waals surface area contributed by atoms with Crippen LogP contribution in [0.25, 0.3) is 0 Å². The molecular formula is C19H26N4O7S. The number of nitrogens with one attached hydrogen (secondary N) is 3. The number of carbonyl (C=O) groups is 5. The van der Waals surface area contributed by atoms with E-state index < -0.39 is 60.2 Å². The second-order valence-corrected chi connectivity index (χ2v) is 7.13. The van der Waals surface area contributed by atoms with Crippen molar-refractivity contribution in [1.29, 1.82) is 0 Å². The van der Waals surface area contributed by atoms with E-state index in [1.165, 1.54) is 6.92 Å². The number of hydrogen-bond donors (Lipinski definition) is 7. The van der Waals surface area contributed by atoms with Crippen LogP contribution in [0.5, 0.6) is 0 Å². The Balaban J connectivity index is 2.85. The minimum absolute atomic E-state index is 0.0380. The average molecular weight is 455 g/mol. The summed E-state index contributed by atoms with van der Waals surface area (Å²) in [6.07, 6.45) is -0.824. The van der Waals surface area contributed by atoms with Gasteiger partial charge in [0.1, 0.15) is 18.1 Å². The Morgan fingerprint density at radius 2 is 1.52 bits per heavy atom. The highest BCUT2D eigenvalue weighted by molar-refractivity contribution is 7.80. The van der Waals surface area contributed by atoms with Gasteiger partial charge >= 0.3 is 11.9 Å². The van der Waals surface area contributed by atoms with E-state index in [1.54, 1.807) is 30.3 Å². The number of carboxylic acid groups (broad SMARTS) is 2. The molecule has 1 rings (SSSR count). The number of carbonyl (C=O) groups excluding carboxylic acids is 3. The molecular weight excluding hydrogens is 428 g/mol. The molecule has 0 saturated heterocycles. The Morgan fingerprint density at radius 1 is 0.935 bits per heavy atom. The number of benzene rings is 1. The molecule has 0 spiro atoms. The van der Waals surface area contributed by atoms with Crippen LogP contribution in [0.2, 0.25) is 0 Å². The molecule has 0 fully saturated rings. The van der Waals surface area contributed by atoms with Gasteiger partial charge in [-0.2, -0.15) is 12.6 Å². The van der Waals surface area contributed by atoms with E-state index in [1.807, 2.05) is 0 Å². The summed E-state index contributed by atoms with van der Waals surface area (Å²) in [6.45, 7) is 1.32. The molecule has 4 atom stereocenters. The maximum absolute atomic E-state index is 12.5. The molecule has 1 aromatic carbocycles. The second kappa shape index (κ2) is 12.5. The smallest absolute Gasteiger partial charge is 0.326 e. The number of carboxylic acids is 2. The highest BCUT2D eigenvalue weighted by Gasteiger charge is 2.30. The van der Waals surface area contributed by atoms with Gasteiger partial charge in [0.25, 0.3) is 0 Å². The first-order valence-electron chi connectivity index (χ1n) is 9.31. The van der Waals surface area contributed by atoms with Gasteiger partial charge in [0.15, 0.2) is 0 Å². The third-order valence-corrected chi connectivity index (χ3v) is 4.59. The lowest BCUT2D eigenvalue weighted by atomic mass is 10.0. The van der Waals surface area contributed by atoms with Gasteiger partial charge < -0.3 is 31.9 Å². The fourth-order valence-electron chi connectivity index (χ4n) is 2.47. The molecule has 3 amide bonds. The summed E-state index contributed by atoms with van der Waals surface area (Å²) in [6, 6.07) is 3.55. The zero-order chi connectivity index (χ0) is 23.6. The Hall–Kier alpha value is -3.12. The number of aliphatic carboxylic acids is 2. The highest BCUT2D eigenvalue weighted by atomic mass is 32.1. The van der Waals surface area contributed by atoms with Crippen LogP contribution in [0.3, 0.4) is 0 Å². The van der Waals surface area contributed by atoms with Gasteiger partial charge in [0.2, 0.25) is 17.7 Å². The van der Waals surface area contributed by atoms with E-state index in [0.717, 1.165) is 0 Å². The monoisotopic (exact) mass is 454 g/mol. The van der Waals surface area contributed by atoms with Crippen molar-refractivity contribution in [2.75, 3.05) is 5.75 Å². The van der Waals surface area contributed by atoms with Gasteiger partial charge in [0, 0.05) is 12.2 Å². The van der Waals surface area contributed by atoms with Crippen molar-refractivity contribution in [2.45, 2.75) is 43.9 Å². The van der Waals surface area contributed by atoms with Crippen LogP contribution in [0.4, 0.5) is 0 Å². The Labute approximate surface area is 184 Å². The maximum atomic E-state index is 12.5. The van der Waals surface area contributed by atoms with Crippen molar-refractivity contribution in [2.24, 2.45) is 5.73 Å². The average Bonchev–Trinajstić information content (AvgIpc) is 2.72. The first kappa shape index (κ1) is 25.9. The number of hydrogen-bond acceptors (Lipinski definition) is 7. The topological polar surface area (TPSA) is 188 Å².